The molecule has 0 unspecified atom stereocenters. The molecule has 1 aliphatic rings. The molecule has 1 fully saturated rings. The standard InChI is InChI=1S/C36H63N7O6/c1-11-24(4)32(42(8)36(47)27(22-37)40-35(46)31(23(2)3)41(6)7)29(48-9)21-30(44)43-20-14-16-28(43)33(49-10)25(5)34(45)39-19-17-26-15-12-13-18-38-26/h12-13,15,18,23-25,27-29,31-33H,11,14,16-17,19-22,37H2,1-10H3,(H,39,45)(H,40,46)/t24-,25+,27-,28-,29+,31-,32-,33+/m0/s1. The number of likely N-dealkylation sites (N-methyl/N-ethyl adjacent to an activating group) is 2. The zero-order valence-electron chi connectivity index (χ0n) is 31.5. The molecule has 2 rings (SSSR count). The highest BCUT2D eigenvalue weighted by atomic mass is 16.5. The predicted molar refractivity (Wildman–Crippen MR) is 190 cm³/mol. The molecule has 49 heavy (non-hydrogen) atoms. The van der Waals surface area contributed by atoms with E-state index < -0.39 is 36.3 Å². The van der Waals surface area contributed by atoms with Gasteiger partial charge in [0, 0.05) is 59.2 Å². The second kappa shape index (κ2) is 20.5. The maximum absolute atomic E-state index is 14.0. The quantitative estimate of drug-likeness (QED) is 0.185. The average molecular weight is 690 g/mol. The van der Waals surface area contributed by atoms with Gasteiger partial charge >= 0.3 is 0 Å². The Morgan fingerprint density at radius 1 is 1.06 bits per heavy atom. The zero-order chi connectivity index (χ0) is 36.8. The molecule has 0 bridgehead atoms. The van der Waals surface area contributed by atoms with Gasteiger partial charge in [-0.15, -0.1) is 0 Å². The molecule has 278 valence electrons. The molecule has 0 aromatic carbocycles. The van der Waals surface area contributed by atoms with Gasteiger partial charge in [0.05, 0.1) is 42.7 Å². The van der Waals surface area contributed by atoms with Crippen molar-refractivity contribution in [3.05, 3.63) is 30.1 Å². The highest BCUT2D eigenvalue weighted by Crippen LogP contribution is 2.29. The molecule has 1 aromatic rings. The minimum Gasteiger partial charge on any atom is -0.379 e. The highest BCUT2D eigenvalue weighted by molar-refractivity contribution is 5.90. The topological polar surface area (TPSA) is 159 Å². The van der Waals surface area contributed by atoms with E-state index in [1.165, 1.54) is 0 Å². The summed E-state index contributed by atoms with van der Waals surface area (Å²) < 4.78 is 11.8. The van der Waals surface area contributed by atoms with E-state index in [9.17, 15) is 19.2 Å². The fourth-order valence-corrected chi connectivity index (χ4v) is 7.18. The maximum atomic E-state index is 14.0. The van der Waals surface area contributed by atoms with E-state index in [1.807, 2.05) is 76.7 Å². The van der Waals surface area contributed by atoms with Crippen LogP contribution in [0.25, 0.3) is 0 Å². The first-order chi connectivity index (χ1) is 23.2. The molecule has 1 aromatic heterocycles. The van der Waals surface area contributed by atoms with Crippen LogP contribution >= 0.6 is 0 Å². The summed E-state index contributed by atoms with van der Waals surface area (Å²) in [6, 6.07) is 3.59. The number of nitrogens with one attached hydrogen (secondary N) is 2. The third kappa shape index (κ3) is 11.4. The van der Waals surface area contributed by atoms with Crippen LogP contribution in [0.5, 0.6) is 0 Å². The second-order valence-corrected chi connectivity index (χ2v) is 13.9. The third-order valence-electron chi connectivity index (χ3n) is 9.97. The number of carbonyl (C=O) groups is 4. The van der Waals surface area contributed by atoms with E-state index in [1.54, 1.807) is 32.4 Å². The van der Waals surface area contributed by atoms with Crippen LogP contribution in [0, 0.1) is 17.8 Å². The van der Waals surface area contributed by atoms with Gasteiger partial charge in [0.2, 0.25) is 23.6 Å². The molecule has 0 aliphatic carbocycles. The van der Waals surface area contributed by atoms with Crippen molar-refractivity contribution in [3.8, 4) is 0 Å². The number of hydrogen-bond acceptors (Lipinski definition) is 9. The van der Waals surface area contributed by atoms with Crippen LogP contribution in [0.1, 0.15) is 66.0 Å². The molecule has 4 N–H and O–H groups in total. The van der Waals surface area contributed by atoms with Crippen LogP contribution in [0.15, 0.2) is 24.4 Å². The summed E-state index contributed by atoms with van der Waals surface area (Å²) in [5, 5.41) is 5.86. The van der Waals surface area contributed by atoms with Crippen LogP contribution in [-0.4, -0.2) is 135 Å². The molecular weight excluding hydrogens is 626 g/mol. The van der Waals surface area contributed by atoms with Crippen molar-refractivity contribution in [3.63, 3.8) is 0 Å². The minimum absolute atomic E-state index is 0.0260. The van der Waals surface area contributed by atoms with E-state index in [2.05, 4.69) is 15.6 Å². The maximum Gasteiger partial charge on any atom is 0.246 e. The van der Waals surface area contributed by atoms with Gasteiger partial charge < -0.3 is 35.6 Å². The minimum atomic E-state index is -0.930. The Morgan fingerprint density at radius 3 is 2.29 bits per heavy atom. The zero-order valence-corrected chi connectivity index (χ0v) is 31.5. The summed E-state index contributed by atoms with van der Waals surface area (Å²) in [4.78, 5) is 63.8. The number of nitrogens with two attached hydrogens (primary N) is 1. The van der Waals surface area contributed by atoms with Crippen LogP contribution in [0.3, 0.4) is 0 Å². The summed E-state index contributed by atoms with van der Waals surface area (Å²) in [6.07, 6.45) is 3.50. The molecule has 13 heteroatoms. The van der Waals surface area contributed by atoms with Gasteiger partial charge in [-0.3, -0.25) is 29.1 Å². The second-order valence-electron chi connectivity index (χ2n) is 13.9. The highest BCUT2D eigenvalue weighted by Gasteiger charge is 2.42. The van der Waals surface area contributed by atoms with Crippen molar-refractivity contribution < 1.29 is 28.7 Å². The Balaban J connectivity index is 2.18. The van der Waals surface area contributed by atoms with Crippen molar-refractivity contribution in [2.45, 2.75) is 103 Å². The van der Waals surface area contributed by atoms with Gasteiger partial charge in [0.1, 0.15) is 6.04 Å². The Kier molecular flexibility index (Phi) is 17.6. The lowest BCUT2D eigenvalue weighted by Gasteiger charge is -2.40. The Hall–Kier alpha value is -3.13. The smallest absolute Gasteiger partial charge is 0.246 e. The van der Waals surface area contributed by atoms with Crippen molar-refractivity contribution >= 4 is 23.6 Å². The summed E-state index contributed by atoms with van der Waals surface area (Å²) in [7, 11) is 8.47. The van der Waals surface area contributed by atoms with Crippen LogP contribution < -0.4 is 16.4 Å². The molecule has 0 spiro atoms. The van der Waals surface area contributed by atoms with Crippen molar-refractivity contribution in [2.24, 2.45) is 23.5 Å². The van der Waals surface area contributed by atoms with Gasteiger partial charge in [-0.1, -0.05) is 47.1 Å². The lowest BCUT2D eigenvalue weighted by atomic mass is 9.90. The average Bonchev–Trinajstić information content (AvgIpc) is 3.56. The molecule has 0 radical (unpaired) electrons. The summed E-state index contributed by atoms with van der Waals surface area (Å²) >= 11 is 0. The van der Waals surface area contributed by atoms with E-state index in [4.69, 9.17) is 15.2 Å². The molecule has 4 amide bonds. The number of hydrogen-bond donors (Lipinski definition) is 3. The number of nitrogens with zero attached hydrogens (tertiary/aromatic N) is 4. The molecular formula is C36H63N7O6. The third-order valence-corrected chi connectivity index (χ3v) is 9.97. The van der Waals surface area contributed by atoms with Gasteiger partial charge in [0.25, 0.3) is 0 Å². The van der Waals surface area contributed by atoms with E-state index in [-0.39, 0.29) is 54.5 Å². The van der Waals surface area contributed by atoms with Crippen LogP contribution in [-0.2, 0) is 35.1 Å². The van der Waals surface area contributed by atoms with E-state index in [0.29, 0.717) is 25.9 Å². The number of aromatic nitrogens is 1. The molecule has 1 aliphatic heterocycles. The van der Waals surface area contributed by atoms with E-state index >= 15 is 0 Å². The van der Waals surface area contributed by atoms with E-state index in [0.717, 1.165) is 18.5 Å². The molecule has 13 nitrogen and oxygen atoms in total. The summed E-state index contributed by atoms with van der Waals surface area (Å²) in [5.74, 6) is -1.35. The first-order valence-electron chi connectivity index (χ1n) is 17.7. The largest absolute Gasteiger partial charge is 0.379 e. The molecule has 2 heterocycles. The van der Waals surface area contributed by atoms with Crippen LogP contribution in [0.4, 0.5) is 0 Å². The molecule has 1 saturated heterocycles. The number of rotatable bonds is 20. The lowest BCUT2D eigenvalue weighted by Crippen LogP contribution is -2.60. The Labute approximate surface area is 294 Å². The number of methoxy groups -OCH3 is 2. The van der Waals surface area contributed by atoms with Crippen molar-refractivity contribution in [1.82, 2.24) is 30.3 Å². The molecule has 0 saturated carbocycles. The molecule has 8 atom stereocenters. The predicted octanol–water partition coefficient (Wildman–Crippen LogP) is 1.69. The number of pyridine rings is 1. The summed E-state index contributed by atoms with van der Waals surface area (Å²) in [5.41, 5.74) is 6.94. The fourth-order valence-electron chi connectivity index (χ4n) is 7.18. The van der Waals surface area contributed by atoms with Crippen molar-refractivity contribution in [2.75, 3.05) is 55.0 Å². The fraction of sp³-hybridized carbons (Fsp3) is 0.750. The number of carbonyl (C=O) groups excluding carboxylic acids is 4. The summed E-state index contributed by atoms with van der Waals surface area (Å²) in [6.45, 7) is 10.7. The Morgan fingerprint density at radius 2 is 1.76 bits per heavy atom. The van der Waals surface area contributed by atoms with Gasteiger partial charge in [-0.25, -0.2) is 0 Å². The van der Waals surface area contributed by atoms with Gasteiger partial charge in [0.15, 0.2) is 0 Å². The SMILES string of the molecule is CC[C@H](C)[C@@H]([C@@H](CC(=O)N1CCC[C@H]1[C@H](OC)[C@@H](C)C(=O)NCCc1ccccn1)OC)N(C)C(=O)[C@H](CN)NC(=O)[C@H](C(C)C)N(C)C. The monoisotopic (exact) mass is 689 g/mol. The van der Waals surface area contributed by atoms with Crippen molar-refractivity contribution in [1.29, 1.82) is 0 Å². The first kappa shape index (κ1) is 42.0. The lowest BCUT2D eigenvalue weighted by molar-refractivity contribution is -0.147. The van der Waals surface area contributed by atoms with Gasteiger partial charge in [-0.05, 0) is 50.9 Å². The number of amides is 4. The van der Waals surface area contributed by atoms with Gasteiger partial charge in [-0.2, -0.15) is 0 Å². The first-order valence-corrected chi connectivity index (χ1v) is 17.7. The van der Waals surface area contributed by atoms with Crippen LogP contribution in [0.2, 0.25) is 0 Å². The normalized spacial score (nSPS) is 19.1. The Bertz CT molecular complexity index is 1180. The number of ether oxygens (including phenoxy) is 2. The number of likely N-dealkylation sites (tertiary alicyclic amines) is 1.